The topological polar surface area (TPSA) is 30.3 Å². The molecule has 1 aromatic carbocycles. The number of likely N-dealkylation sites (N-methyl/N-ethyl adjacent to an activating group) is 1. The lowest BCUT2D eigenvalue weighted by molar-refractivity contribution is 0.0835. The summed E-state index contributed by atoms with van der Waals surface area (Å²) in [5, 5.41) is 9.61. The molecule has 3 heteroatoms. The zero-order valence-electron chi connectivity index (χ0n) is 12.2. The quantitative estimate of drug-likeness (QED) is 0.830. The van der Waals surface area contributed by atoms with Crippen LogP contribution in [-0.4, -0.2) is 48.6 Å². The highest BCUT2D eigenvalue weighted by Gasteiger charge is 2.33. The second kappa shape index (κ2) is 5.73. The van der Waals surface area contributed by atoms with E-state index in [-0.39, 0.29) is 0 Å². The summed E-state index contributed by atoms with van der Waals surface area (Å²) < 4.78 is 0. The number of benzene rings is 1. The van der Waals surface area contributed by atoms with E-state index in [0.717, 1.165) is 32.6 Å². The highest BCUT2D eigenvalue weighted by molar-refractivity contribution is 5.25. The molecular formula is C16H23N3. The summed E-state index contributed by atoms with van der Waals surface area (Å²) in [6.07, 6.45) is 0.799. The molecule has 3 nitrogen and oxygen atoms in total. The van der Waals surface area contributed by atoms with Gasteiger partial charge in [0, 0.05) is 32.6 Å². The number of hydrogen-bond donors (Lipinski definition) is 0. The van der Waals surface area contributed by atoms with E-state index in [9.17, 15) is 5.26 Å². The molecule has 1 atom stereocenters. The van der Waals surface area contributed by atoms with Crippen LogP contribution in [0.25, 0.3) is 0 Å². The molecule has 1 saturated heterocycles. The zero-order valence-corrected chi connectivity index (χ0v) is 12.2. The van der Waals surface area contributed by atoms with Crippen LogP contribution >= 0.6 is 0 Å². The molecule has 0 amide bonds. The molecule has 1 unspecified atom stereocenters. The summed E-state index contributed by atoms with van der Waals surface area (Å²) >= 11 is 0. The van der Waals surface area contributed by atoms with Gasteiger partial charge in [0.05, 0.1) is 6.07 Å². The SMILES string of the molecule is Cc1ccc(CC(C)(C#N)N2CCN(C)CC2)cc1. The maximum atomic E-state index is 9.61. The third kappa shape index (κ3) is 3.34. The van der Waals surface area contributed by atoms with Crippen molar-refractivity contribution in [2.45, 2.75) is 25.8 Å². The van der Waals surface area contributed by atoms with Crippen molar-refractivity contribution in [3.63, 3.8) is 0 Å². The van der Waals surface area contributed by atoms with Gasteiger partial charge in [0.1, 0.15) is 5.54 Å². The molecule has 19 heavy (non-hydrogen) atoms. The minimum atomic E-state index is -0.392. The molecule has 1 heterocycles. The van der Waals surface area contributed by atoms with E-state index in [0.29, 0.717) is 0 Å². The van der Waals surface area contributed by atoms with Gasteiger partial charge in [-0.15, -0.1) is 0 Å². The van der Waals surface area contributed by atoms with Gasteiger partial charge in [-0.3, -0.25) is 4.90 Å². The smallest absolute Gasteiger partial charge is 0.110 e. The van der Waals surface area contributed by atoms with Crippen molar-refractivity contribution in [2.24, 2.45) is 0 Å². The van der Waals surface area contributed by atoms with Crippen molar-refractivity contribution < 1.29 is 0 Å². The summed E-state index contributed by atoms with van der Waals surface area (Å²) in [6, 6.07) is 11.1. The van der Waals surface area contributed by atoms with Crippen LogP contribution in [0, 0.1) is 18.3 Å². The Morgan fingerprint density at radius 1 is 1.16 bits per heavy atom. The number of hydrogen-bond acceptors (Lipinski definition) is 3. The molecule has 0 saturated carbocycles. The largest absolute Gasteiger partial charge is 0.304 e. The van der Waals surface area contributed by atoms with Gasteiger partial charge >= 0.3 is 0 Å². The van der Waals surface area contributed by atoms with Crippen LogP contribution in [-0.2, 0) is 6.42 Å². The number of piperazine rings is 1. The van der Waals surface area contributed by atoms with Gasteiger partial charge in [-0.25, -0.2) is 0 Å². The Balaban J connectivity index is 2.09. The average Bonchev–Trinajstić information content (AvgIpc) is 2.42. The van der Waals surface area contributed by atoms with E-state index < -0.39 is 5.54 Å². The first-order chi connectivity index (χ1) is 9.03. The monoisotopic (exact) mass is 257 g/mol. The van der Waals surface area contributed by atoms with Crippen LogP contribution in [0.3, 0.4) is 0 Å². The maximum absolute atomic E-state index is 9.61. The molecule has 0 radical (unpaired) electrons. The Morgan fingerprint density at radius 2 is 1.74 bits per heavy atom. The molecule has 102 valence electrons. The van der Waals surface area contributed by atoms with E-state index in [1.807, 2.05) is 0 Å². The minimum Gasteiger partial charge on any atom is -0.304 e. The third-order valence-corrected chi connectivity index (χ3v) is 4.11. The highest BCUT2D eigenvalue weighted by atomic mass is 15.3. The number of nitrogens with zero attached hydrogens (tertiary/aromatic N) is 3. The van der Waals surface area contributed by atoms with E-state index in [2.05, 4.69) is 61.0 Å². The lowest BCUT2D eigenvalue weighted by atomic mass is 9.91. The molecule has 1 aliphatic heterocycles. The fraction of sp³-hybridized carbons (Fsp3) is 0.562. The summed E-state index contributed by atoms with van der Waals surface area (Å²) in [4.78, 5) is 4.65. The van der Waals surface area contributed by atoms with Gasteiger partial charge < -0.3 is 4.90 Å². The number of rotatable bonds is 3. The first kappa shape index (κ1) is 14.0. The third-order valence-electron chi connectivity index (χ3n) is 4.11. The Morgan fingerprint density at radius 3 is 2.26 bits per heavy atom. The van der Waals surface area contributed by atoms with Gasteiger partial charge in [0.15, 0.2) is 0 Å². The highest BCUT2D eigenvalue weighted by Crippen LogP contribution is 2.22. The van der Waals surface area contributed by atoms with Crippen molar-refractivity contribution >= 4 is 0 Å². The minimum absolute atomic E-state index is 0.392. The summed E-state index contributed by atoms with van der Waals surface area (Å²) in [7, 11) is 2.14. The molecule has 0 N–H and O–H groups in total. The van der Waals surface area contributed by atoms with E-state index >= 15 is 0 Å². The van der Waals surface area contributed by atoms with Gasteiger partial charge in [-0.05, 0) is 26.5 Å². The van der Waals surface area contributed by atoms with Crippen molar-refractivity contribution in [2.75, 3.05) is 33.2 Å². The summed E-state index contributed by atoms with van der Waals surface area (Å²) in [5.74, 6) is 0. The van der Waals surface area contributed by atoms with Crippen molar-refractivity contribution in [3.8, 4) is 6.07 Å². The second-order valence-corrected chi connectivity index (χ2v) is 5.84. The zero-order chi connectivity index (χ0) is 13.9. The molecule has 2 rings (SSSR count). The van der Waals surface area contributed by atoms with Crippen molar-refractivity contribution in [1.82, 2.24) is 9.80 Å². The Hall–Kier alpha value is -1.37. The Bertz CT molecular complexity index is 452. The van der Waals surface area contributed by atoms with Crippen LogP contribution in [0.2, 0.25) is 0 Å². The van der Waals surface area contributed by atoms with Crippen LogP contribution < -0.4 is 0 Å². The second-order valence-electron chi connectivity index (χ2n) is 5.84. The first-order valence-corrected chi connectivity index (χ1v) is 6.94. The molecular weight excluding hydrogens is 234 g/mol. The van der Waals surface area contributed by atoms with E-state index in [1.54, 1.807) is 0 Å². The summed E-state index contributed by atoms with van der Waals surface area (Å²) in [5.41, 5.74) is 2.12. The molecule has 1 aliphatic rings. The van der Waals surface area contributed by atoms with Crippen molar-refractivity contribution in [1.29, 1.82) is 5.26 Å². The normalized spacial score (nSPS) is 20.7. The van der Waals surface area contributed by atoms with Gasteiger partial charge in [-0.2, -0.15) is 5.26 Å². The van der Waals surface area contributed by atoms with Gasteiger partial charge in [0.2, 0.25) is 0 Å². The average molecular weight is 257 g/mol. The molecule has 0 aliphatic carbocycles. The standard InChI is InChI=1S/C16H23N3/c1-14-4-6-15(7-5-14)12-16(2,13-17)19-10-8-18(3)9-11-19/h4-7H,8-12H2,1-3H3. The summed E-state index contributed by atoms with van der Waals surface area (Å²) in [6.45, 7) is 8.21. The number of aryl methyl sites for hydroxylation is 1. The molecule has 1 fully saturated rings. The fourth-order valence-corrected chi connectivity index (χ4v) is 2.63. The van der Waals surface area contributed by atoms with Crippen molar-refractivity contribution in [3.05, 3.63) is 35.4 Å². The van der Waals surface area contributed by atoms with Gasteiger partial charge in [0.25, 0.3) is 0 Å². The Labute approximate surface area is 116 Å². The lowest BCUT2D eigenvalue weighted by Crippen LogP contribution is -2.55. The molecule has 0 spiro atoms. The lowest BCUT2D eigenvalue weighted by Gasteiger charge is -2.41. The van der Waals surface area contributed by atoms with Crippen LogP contribution in [0.5, 0.6) is 0 Å². The predicted octanol–water partition coefficient (Wildman–Crippen LogP) is 2.07. The number of nitriles is 1. The van der Waals surface area contributed by atoms with Crippen LogP contribution in [0.1, 0.15) is 18.1 Å². The maximum Gasteiger partial charge on any atom is 0.110 e. The van der Waals surface area contributed by atoms with E-state index in [1.165, 1.54) is 11.1 Å². The predicted molar refractivity (Wildman–Crippen MR) is 78.0 cm³/mol. The Kier molecular flexibility index (Phi) is 4.24. The van der Waals surface area contributed by atoms with Crippen LogP contribution in [0.4, 0.5) is 0 Å². The molecule has 1 aromatic rings. The molecule has 0 aromatic heterocycles. The molecule has 0 bridgehead atoms. The van der Waals surface area contributed by atoms with Crippen LogP contribution in [0.15, 0.2) is 24.3 Å². The van der Waals surface area contributed by atoms with Gasteiger partial charge in [-0.1, -0.05) is 29.8 Å². The first-order valence-electron chi connectivity index (χ1n) is 6.94. The van der Waals surface area contributed by atoms with E-state index in [4.69, 9.17) is 0 Å². The fourth-order valence-electron chi connectivity index (χ4n) is 2.63.